The Kier molecular flexibility index (Phi) is 11.9. The van der Waals surface area contributed by atoms with Gasteiger partial charge in [-0.25, -0.2) is 9.98 Å². The molecule has 8 rings (SSSR count). The molecule has 244 valence electrons. The van der Waals surface area contributed by atoms with E-state index in [4.69, 9.17) is 9.98 Å². The third kappa shape index (κ3) is 8.40. The molecular weight excluding hydrogens is 788 g/mol. The van der Waals surface area contributed by atoms with E-state index in [1.54, 1.807) is 0 Å². The number of aliphatic imine (C=N–C) groups is 2. The van der Waals surface area contributed by atoms with E-state index in [0.717, 1.165) is 76.1 Å². The highest BCUT2D eigenvalue weighted by atomic mass is 79.9. The van der Waals surface area contributed by atoms with Crippen molar-refractivity contribution < 1.29 is 0 Å². The highest BCUT2D eigenvalue weighted by molar-refractivity contribution is 9.13. The summed E-state index contributed by atoms with van der Waals surface area (Å²) in [4.78, 5) is 10.4. The van der Waals surface area contributed by atoms with Crippen molar-refractivity contribution in [1.82, 2.24) is 17.5 Å². The minimum absolute atomic E-state index is 0.743. The number of hydrogen-bond acceptors (Lipinski definition) is 8. The lowest BCUT2D eigenvalue weighted by molar-refractivity contribution is 1.42. The first-order chi connectivity index (χ1) is 24.6. The average molecular weight is 817 g/mol. The molecule has 0 aliphatic carbocycles. The largest absolute Gasteiger partial charge is 0.245 e. The van der Waals surface area contributed by atoms with Gasteiger partial charge < -0.3 is 0 Å². The van der Waals surface area contributed by atoms with Crippen LogP contribution in [-0.4, -0.2) is 28.9 Å². The predicted octanol–water partition coefficient (Wildman–Crippen LogP) is 12.0. The molecule has 2 heterocycles. The van der Waals surface area contributed by atoms with Crippen LogP contribution in [0, 0.1) is 0 Å². The number of halogens is 2. The summed E-state index contributed by atoms with van der Waals surface area (Å²) in [7, 11) is 0. The van der Waals surface area contributed by atoms with Gasteiger partial charge in [0.15, 0.2) is 0 Å². The van der Waals surface area contributed by atoms with Crippen molar-refractivity contribution in [3.8, 4) is 0 Å². The molecule has 0 saturated carbocycles. The van der Waals surface area contributed by atoms with E-state index >= 15 is 0 Å². The Bertz CT molecular complexity index is 2130. The molecule has 10 heteroatoms. The van der Waals surface area contributed by atoms with Gasteiger partial charge in [-0.2, -0.15) is 17.5 Å². The fraction of sp³-hybridized carbons (Fsp3) is 0. The maximum atomic E-state index is 5.22. The summed E-state index contributed by atoms with van der Waals surface area (Å²) in [6, 6.07) is 48.8. The van der Waals surface area contributed by atoms with Crippen LogP contribution in [0.3, 0.4) is 0 Å². The number of hydrogen-bond donors (Lipinski definition) is 0. The Labute approximate surface area is 315 Å². The maximum absolute atomic E-state index is 5.22. The van der Waals surface area contributed by atoms with E-state index in [0.29, 0.717) is 0 Å². The molecule has 0 N–H and O–H groups in total. The summed E-state index contributed by atoms with van der Waals surface area (Å²) in [5, 5.41) is 0. The zero-order chi connectivity index (χ0) is 34.7. The normalized spacial score (nSPS) is 10.4. The Morgan fingerprint density at radius 2 is 0.680 bits per heavy atom. The molecule has 0 aliphatic rings. The standard InChI is InChI=1S/C32H22N4S.C6H2Br2N2S.C2H4/c1-5-13-23(14-6-1)31(24-15-7-2-8-16-24)33-27-21-29-30(36-37-35-29)22-28(27)34-32(25-17-9-3-10-18-25)26-19-11-4-12-20-26;7-3-1-5-6(2-4(3)8)10-11-9-5;1-2/h1-22H;1-2H;1-2H2. The third-order valence-electron chi connectivity index (χ3n) is 7.30. The van der Waals surface area contributed by atoms with Crippen molar-refractivity contribution in [2.75, 3.05) is 0 Å². The van der Waals surface area contributed by atoms with Gasteiger partial charge in [0.25, 0.3) is 0 Å². The minimum atomic E-state index is 0.743. The first kappa shape index (κ1) is 34.8. The third-order valence-corrected chi connectivity index (χ3v) is 10.3. The Hall–Kier alpha value is -5.00. The second-order valence-electron chi connectivity index (χ2n) is 10.5. The van der Waals surface area contributed by atoms with Gasteiger partial charge >= 0.3 is 0 Å². The smallest absolute Gasteiger partial charge is 0.107 e. The number of aromatic nitrogens is 4. The molecule has 0 amide bonds. The molecule has 0 fully saturated rings. The van der Waals surface area contributed by atoms with Crippen LogP contribution >= 0.6 is 55.3 Å². The number of rotatable bonds is 6. The summed E-state index contributed by atoms with van der Waals surface area (Å²) in [6.45, 7) is 6.00. The minimum Gasteiger partial charge on any atom is -0.245 e. The van der Waals surface area contributed by atoms with Crippen molar-refractivity contribution in [1.29, 1.82) is 0 Å². The second kappa shape index (κ2) is 17.1. The van der Waals surface area contributed by atoms with Gasteiger partial charge in [-0.1, -0.05) is 121 Å². The molecule has 2 aromatic heterocycles. The molecule has 0 unspecified atom stereocenters. The lowest BCUT2D eigenvalue weighted by atomic mass is 10.0. The van der Waals surface area contributed by atoms with Crippen LogP contribution < -0.4 is 0 Å². The number of fused-ring (bicyclic) bond motifs is 2. The summed E-state index contributed by atoms with van der Waals surface area (Å²) >= 11 is 9.21. The Balaban J connectivity index is 0.000000280. The van der Waals surface area contributed by atoms with Gasteiger partial charge in [-0.05, 0) is 56.1 Å². The maximum Gasteiger partial charge on any atom is 0.107 e. The average Bonchev–Trinajstić information content (AvgIpc) is 3.84. The molecule has 8 aromatic rings. The van der Waals surface area contributed by atoms with Crippen LogP contribution in [0.1, 0.15) is 22.3 Å². The molecular formula is C40H28Br2N6S2. The first-order valence-corrected chi connectivity index (χ1v) is 18.4. The molecule has 0 saturated heterocycles. The highest BCUT2D eigenvalue weighted by Gasteiger charge is 2.14. The van der Waals surface area contributed by atoms with Crippen molar-refractivity contribution in [2.45, 2.75) is 0 Å². The zero-order valence-corrected chi connectivity index (χ0v) is 31.3. The molecule has 0 atom stereocenters. The van der Waals surface area contributed by atoms with E-state index < -0.39 is 0 Å². The highest BCUT2D eigenvalue weighted by Crippen LogP contribution is 2.35. The van der Waals surface area contributed by atoms with E-state index in [1.807, 2.05) is 97.1 Å². The topological polar surface area (TPSA) is 76.3 Å². The molecule has 50 heavy (non-hydrogen) atoms. The number of benzene rings is 6. The van der Waals surface area contributed by atoms with Gasteiger partial charge in [-0.3, -0.25) is 0 Å². The van der Waals surface area contributed by atoms with E-state index in [2.05, 4.69) is 111 Å². The fourth-order valence-electron chi connectivity index (χ4n) is 4.99. The quantitative estimate of drug-likeness (QED) is 0.124. The van der Waals surface area contributed by atoms with Gasteiger partial charge in [0.1, 0.15) is 22.1 Å². The SMILES string of the molecule is Brc1cc2nsnc2cc1Br.C=C.c1ccc(C(=Nc2cc3nsnc3cc2N=C(c2ccccc2)c2ccccc2)c2ccccc2)cc1. The molecule has 6 aromatic carbocycles. The van der Waals surface area contributed by atoms with Gasteiger partial charge in [0.05, 0.1) is 46.3 Å². The van der Waals surface area contributed by atoms with Crippen molar-refractivity contribution in [3.05, 3.63) is 190 Å². The van der Waals surface area contributed by atoms with E-state index in [-0.39, 0.29) is 0 Å². The van der Waals surface area contributed by atoms with Crippen molar-refractivity contribution in [3.63, 3.8) is 0 Å². The number of nitrogens with zero attached hydrogens (tertiary/aromatic N) is 6. The first-order valence-electron chi connectivity index (χ1n) is 15.3. The molecule has 0 bridgehead atoms. The Morgan fingerprint density at radius 1 is 0.420 bits per heavy atom. The Morgan fingerprint density at radius 3 is 0.960 bits per heavy atom. The van der Waals surface area contributed by atoms with Crippen LogP contribution in [0.5, 0.6) is 0 Å². The summed E-state index contributed by atoms with van der Waals surface area (Å²) < 4.78 is 19.2. The molecule has 6 nitrogen and oxygen atoms in total. The van der Waals surface area contributed by atoms with Crippen LogP contribution in [0.2, 0.25) is 0 Å². The van der Waals surface area contributed by atoms with Crippen molar-refractivity contribution >= 4 is 100 Å². The van der Waals surface area contributed by atoms with Crippen LogP contribution in [0.4, 0.5) is 11.4 Å². The van der Waals surface area contributed by atoms with Crippen LogP contribution in [0.15, 0.2) is 178 Å². The van der Waals surface area contributed by atoms with Gasteiger partial charge in [-0.15, -0.1) is 13.2 Å². The fourth-order valence-corrected chi connectivity index (χ4v) is 6.67. The predicted molar refractivity (Wildman–Crippen MR) is 218 cm³/mol. The van der Waals surface area contributed by atoms with Crippen LogP contribution in [-0.2, 0) is 0 Å². The summed E-state index contributed by atoms with van der Waals surface area (Å²) in [5.41, 5.74) is 10.9. The summed E-state index contributed by atoms with van der Waals surface area (Å²) in [6.07, 6.45) is 0. The lowest BCUT2D eigenvalue weighted by Crippen LogP contribution is -2.03. The van der Waals surface area contributed by atoms with Gasteiger partial charge in [0.2, 0.25) is 0 Å². The molecule has 0 aliphatic heterocycles. The summed E-state index contributed by atoms with van der Waals surface area (Å²) in [5.74, 6) is 0. The van der Waals surface area contributed by atoms with E-state index in [1.165, 1.54) is 23.5 Å². The molecule has 0 radical (unpaired) electrons. The zero-order valence-electron chi connectivity index (χ0n) is 26.5. The lowest BCUT2D eigenvalue weighted by Gasteiger charge is -2.11. The monoisotopic (exact) mass is 814 g/mol. The van der Waals surface area contributed by atoms with Crippen molar-refractivity contribution in [2.24, 2.45) is 9.98 Å². The van der Waals surface area contributed by atoms with E-state index in [9.17, 15) is 0 Å². The molecule has 0 spiro atoms. The second-order valence-corrected chi connectivity index (χ2v) is 13.3. The van der Waals surface area contributed by atoms with Gasteiger partial charge in [0, 0.05) is 31.2 Å². The van der Waals surface area contributed by atoms with Crippen LogP contribution in [0.25, 0.3) is 22.1 Å².